The predicted octanol–water partition coefficient (Wildman–Crippen LogP) is 2.70. The molecule has 1 aliphatic heterocycles. The second-order valence-corrected chi connectivity index (χ2v) is 6.89. The Morgan fingerprint density at radius 2 is 2.08 bits per heavy atom. The molecule has 0 spiro atoms. The number of rotatable bonds is 6. The van der Waals surface area contributed by atoms with Gasteiger partial charge in [0.1, 0.15) is 0 Å². The van der Waals surface area contributed by atoms with Crippen LogP contribution in [0.3, 0.4) is 0 Å². The quantitative estimate of drug-likeness (QED) is 0.860. The van der Waals surface area contributed by atoms with Gasteiger partial charge in [-0.3, -0.25) is 9.59 Å². The van der Waals surface area contributed by atoms with Crippen molar-refractivity contribution in [1.29, 1.82) is 0 Å². The third kappa shape index (κ3) is 4.30. The fraction of sp³-hybridized carbons (Fsp3) is 0.333. The van der Waals surface area contributed by atoms with Crippen molar-refractivity contribution in [3.8, 4) is 11.5 Å². The van der Waals surface area contributed by atoms with Crippen molar-refractivity contribution < 1.29 is 19.1 Å². The molecule has 1 N–H and O–H groups in total. The highest BCUT2D eigenvalue weighted by Crippen LogP contribution is 2.33. The van der Waals surface area contributed by atoms with E-state index in [9.17, 15) is 9.59 Å². The third-order valence-electron chi connectivity index (χ3n) is 3.93. The molecule has 0 bridgehead atoms. The number of nitrogens with one attached hydrogen (secondary N) is 1. The standard InChI is InChI=1S/C18H20N2O4S/c1-12(21)19-14(17-4-3-7-25-17)9-18(22)20(2)10-13-5-6-15-16(8-13)24-11-23-15/h3-8,14H,9-11H2,1-2H3,(H,19,21)/t14-/m1/s1. The van der Waals surface area contributed by atoms with Gasteiger partial charge < -0.3 is 19.7 Å². The Labute approximate surface area is 150 Å². The summed E-state index contributed by atoms with van der Waals surface area (Å²) in [6, 6.07) is 9.19. The van der Waals surface area contributed by atoms with E-state index < -0.39 is 0 Å². The number of thiophene rings is 1. The van der Waals surface area contributed by atoms with Crippen molar-refractivity contribution >= 4 is 23.2 Å². The minimum atomic E-state index is -0.302. The second-order valence-electron chi connectivity index (χ2n) is 5.91. The van der Waals surface area contributed by atoms with Crippen molar-refractivity contribution in [3.05, 3.63) is 46.2 Å². The summed E-state index contributed by atoms with van der Waals surface area (Å²) in [7, 11) is 1.76. The van der Waals surface area contributed by atoms with Gasteiger partial charge in [-0.2, -0.15) is 0 Å². The Morgan fingerprint density at radius 1 is 1.28 bits per heavy atom. The van der Waals surface area contributed by atoms with E-state index in [1.165, 1.54) is 18.3 Å². The van der Waals surface area contributed by atoms with Gasteiger partial charge in [0.25, 0.3) is 0 Å². The summed E-state index contributed by atoms with van der Waals surface area (Å²) in [5.41, 5.74) is 0.965. The number of nitrogens with zero attached hydrogens (tertiary/aromatic N) is 1. The number of ether oxygens (including phenoxy) is 2. The van der Waals surface area contributed by atoms with Gasteiger partial charge in [0, 0.05) is 25.4 Å². The summed E-state index contributed by atoms with van der Waals surface area (Å²) in [6.07, 6.45) is 0.223. The number of fused-ring (bicyclic) bond motifs is 1. The zero-order chi connectivity index (χ0) is 17.8. The van der Waals surface area contributed by atoms with E-state index in [0.717, 1.165) is 16.2 Å². The monoisotopic (exact) mass is 360 g/mol. The summed E-state index contributed by atoms with van der Waals surface area (Å²) >= 11 is 1.53. The van der Waals surface area contributed by atoms with E-state index in [1.807, 2.05) is 35.7 Å². The van der Waals surface area contributed by atoms with Gasteiger partial charge in [0.2, 0.25) is 18.6 Å². The van der Waals surface area contributed by atoms with Crippen LogP contribution in [0.5, 0.6) is 11.5 Å². The highest BCUT2D eigenvalue weighted by molar-refractivity contribution is 7.10. The Hall–Kier alpha value is -2.54. The van der Waals surface area contributed by atoms with Crippen LogP contribution in [0.4, 0.5) is 0 Å². The summed E-state index contributed by atoms with van der Waals surface area (Å²) < 4.78 is 10.7. The fourth-order valence-corrected chi connectivity index (χ4v) is 3.47. The first-order chi connectivity index (χ1) is 12.0. The molecule has 0 saturated carbocycles. The molecule has 1 atom stereocenters. The average Bonchev–Trinajstić information content (AvgIpc) is 3.24. The summed E-state index contributed by atoms with van der Waals surface area (Å²) in [5, 5.41) is 4.79. The Balaban J connectivity index is 1.63. The number of carbonyl (C=O) groups is 2. The van der Waals surface area contributed by atoms with Gasteiger partial charge in [-0.05, 0) is 29.1 Å². The fourth-order valence-electron chi connectivity index (χ4n) is 2.69. The first kappa shape index (κ1) is 17.3. The first-order valence-corrected chi connectivity index (χ1v) is 8.84. The number of amides is 2. The van der Waals surface area contributed by atoms with Gasteiger partial charge in [0.15, 0.2) is 11.5 Å². The molecule has 25 heavy (non-hydrogen) atoms. The lowest BCUT2D eigenvalue weighted by atomic mass is 10.1. The molecule has 1 aromatic heterocycles. The third-order valence-corrected chi connectivity index (χ3v) is 4.91. The summed E-state index contributed by atoms with van der Waals surface area (Å²) in [6.45, 7) is 2.15. The lowest BCUT2D eigenvalue weighted by molar-refractivity contribution is -0.131. The zero-order valence-corrected chi connectivity index (χ0v) is 15.0. The Morgan fingerprint density at radius 3 is 2.80 bits per heavy atom. The lowest BCUT2D eigenvalue weighted by Crippen LogP contribution is -2.33. The highest BCUT2D eigenvalue weighted by Gasteiger charge is 2.21. The molecule has 1 aliphatic rings. The number of carbonyl (C=O) groups excluding carboxylic acids is 2. The molecule has 0 radical (unpaired) electrons. The number of hydrogen-bond acceptors (Lipinski definition) is 5. The molecule has 2 amide bonds. The van der Waals surface area contributed by atoms with Crippen molar-refractivity contribution in [2.24, 2.45) is 0 Å². The van der Waals surface area contributed by atoms with Crippen LogP contribution < -0.4 is 14.8 Å². The second kappa shape index (κ2) is 7.57. The summed E-state index contributed by atoms with van der Waals surface area (Å²) in [5.74, 6) is 1.24. The molecule has 2 aromatic rings. The molecule has 6 nitrogen and oxygen atoms in total. The van der Waals surface area contributed by atoms with Gasteiger partial charge in [-0.25, -0.2) is 0 Å². The largest absolute Gasteiger partial charge is 0.454 e. The van der Waals surface area contributed by atoms with E-state index >= 15 is 0 Å². The van der Waals surface area contributed by atoms with Gasteiger partial charge in [0.05, 0.1) is 12.5 Å². The molecule has 1 aromatic carbocycles. The molecule has 7 heteroatoms. The minimum absolute atomic E-state index is 0.0372. The smallest absolute Gasteiger partial charge is 0.231 e. The van der Waals surface area contributed by atoms with Gasteiger partial charge >= 0.3 is 0 Å². The van der Waals surface area contributed by atoms with Crippen LogP contribution in [-0.4, -0.2) is 30.6 Å². The number of benzene rings is 1. The predicted molar refractivity (Wildman–Crippen MR) is 94.5 cm³/mol. The molecular formula is C18H20N2O4S. The van der Waals surface area contributed by atoms with Crippen LogP contribution in [0, 0.1) is 0 Å². The molecule has 0 unspecified atom stereocenters. The van der Waals surface area contributed by atoms with Crippen molar-refractivity contribution in [3.63, 3.8) is 0 Å². The van der Waals surface area contributed by atoms with Gasteiger partial charge in [-0.1, -0.05) is 12.1 Å². The summed E-state index contributed by atoms with van der Waals surface area (Å²) in [4.78, 5) is 26.7. The van der Waals surface area contributed by atoms with Crippen LogP contribution in [0.25, 0.3) is 0 Å². The van der Waals surface area contributed by atoms with Gasteiger partial charge in [-0.15, -0.1) is 11.3 Å². The minimum Gasteiger partial charge on any atom is -0.454 e. The molecule has 3 rings (SSSR count). The van der Waals surface area contributed by atoms with Crippen molar-refractivity contribution in [2.75, 3.05) is 13.8 Å². The maximum Gasteiger partial charge on any atom is 0.231 e. The topological polar surface area (TPSA) is 67.9 Å². The highest BCUT2D eigenvalue weighted by atomic mass is 32.1. The maximum absolute atomic E-state index is 12.6. The molecule has 0 aliphatic carbocycles. The lowest BCUT2D eigenvalue weighted by Gasteiger charge is -2.22. The van der Waals surface area contributed by atoms with E-state index in [-0.39, 0.29) is 31.1 Å². The SMILES string of the molecule is CC(=O)N[C@H](CC(=O)N(C)Cc1ccc2c(c1)OCO2)c1cccs1. The molecule has 0 saturated heterocycles. The van der Waals surface area contributed by atoms with Crippen LogP contribution in [-0.2, 0) is 16.1 Å². The Kier molecular flexibility index (Phi) is 5.23. The molecule has 2 heterocycles. The maximum atomic E-state index is 12.6. The number of hydrogen-bond donors (Lipinski definition) is 1. The van der Waals surface area contributed by atoms with Crippen LogP contribution in [0.15, 0.2) is 35.7 Å². The zero-order valence-electron chi connectivity index (χ0n) is 14.2. The van der Waals surface area contributed by atoms with Crippen molar-refractivity contribution in [1.82, 2.24) is 10.2 Å². The molecule has 0 fully saturated rings. The van der Waals surface area contributed by atoms with E-state index in [2.05, 4.69) is 5.32 Å². The molecular weight excluding hydrogens is 340 g/mol. The van der Waals surface area contributed by atoms with E-state index in [4.69, 9.17) is 9.47 Å². The van der Waals surface area contributed by atoms with E-state index in [0.29, 0.717) is 12.3 Å². The van der Waals surface area contributed by atoms with Crippen LogP contribution in [0.1, 0.15) is 29.8 Å². The van der Waals surface area contributed by atoms with Crippen molar-refractivity contribution in [2.45, 2.75) is 25.9 Å². The normalized spacial score (nSPS) is 13.4. The van der Waals surface area contributed by atoms with Crippen LogP contribution >= 0.6 is 11.3 Å². The average molecular weight is 360 g/mol. The Bertz CT molecular complexity index is 760. The van der Waals surface area contributed by atoms with Crippen LogP contribution in [0.2, 0.25) is 0 Å². The molecule has 132 valence electrons. The first-order valence-electron chi connectivity index (χ1n) is 7.96. The van der Waals surface area contributed by atoms with E-state index in [1.54, 1.807) is 11.9 Å².